The van der Waals surface area contributed by atoms with E-state index >= 15 is 0 Å². The van der Waals surface area contributed by atoms with Crippen molar-refractivity contribution in [3.05, 3.63) is 29.8 Å². The molecule has 6 nitrogen and oxygen atoms in total. The fourth-order valence-corrected chi connectivity index (χ4v) is 2.44. The first kappa shape index (κ1) is 17.0. The Labute approximate surface area is 135 Å². The number of benzene rings is 1. The van der Waals surface area contributed by atoms with Gasteiger partial charge in [0.15, 0.2) is 0 Å². The van der Waals surface area contributed by atoms with Crippen molar-refractivity contribution in [2.24, 2.45) is 11.1 Å². The van der Waals surface area contributed by atoms with Crippen molar-refractivity contribution in [3.63, 3.8) is 0 Å². The third-order valence-electron chi connectivity index (χ3n) is 3.72. The number of hydrogen-bond acceptors (Lipinski definition) is 6. The minimum Gasteiger partial charge on any atom is -0.497 e. The van der Waals surface area contributed by atoms with Crippen LogP contribution in [0.15, 0.2) is 29.4 Å². The zero-order chi connectivity index (χ0) is 16.8. The molecule has 0 aliphatic carbocycles. The van der Waals surface area contributed by atoms with Crippen LogP contribution in [0.25, 0.3) is 0 Å². The molecule has 1 aliphatic rings. The largest absolute Gasteiger partial charge is 0.497 e. The molecule has 0 fully saturated rings. The number of methoxy groups -OCH3 is 1. The monoisotopic (exact) mass is 319 g/mol. The fourth-order valence-electron chi connectivity index (χ4n) is 2.44. The molecule has 6 heteroatoms. The van der Waals surface area contributed by atoms with Gasteiger partial charge in [-0.25, -0.2) is 0 Å². The van der Waals surface area contributed by atoms with E-state index in [1.54, 1.807) is 14.0 Å². The van der Waals surface area contributed by atoms with Crippen LogP contribution in [0.5, 0.6) is 5.75 Å². The molecular formula is C17H21NO5. The lowest BCUT2D eigenvalue weighted by Crippen LogP contribution is -2.28. The van der Waals surface area contributed by atoms with Gasteiger partial charge in [0.2, 0.25) is 0 Å². The highest BCUT2D eigenvalue weighted by Crippen LogP contribution is 2.24. The molecule has 0 unspecified atom stereocenters. The Morgan fingerprint density at radius 3 is 2.61 bits per heavy atom. The number of ether oxygens (including phenoxy) is 2. The van der Waals surface area contributed by atoms with E-state index in [2.05, 4.69) is 5.16 Å². The number of rotatable bonds is 7. The number of carbonyl (C=O) groups is 2. The van der Waals surface area contributed by atoms with E-state index in [4.69, 9.17) is 14.3 Å². The minimum atomic E-state index is -0.801. The first-order chi connectivity index (χ1) is 11.0. The zero-order valence-corrected chi connectivity index (χ0v) is 13.6. The first-order valence-corrected chi connectivity index (χ1v) is 7.59. The standard InChI is InChI=1S/C17H21NO5/c1-4-22-17(20)15(11(2)19)9-14-10-16(18-23-14)12-5-7-13(21-3)8-6-12/h5-8,14-15H,4,9-10H2,1-3H3/t14-,15-/m1/s1. The van der Waals surface area contributed by atoms with E-state index < -0.39 is 11.9 Å². The van der Waals surface area contributed by atoms with Crippen molar-refractivity contribution in [1.29, 1.82) is 0 Å². The van der Waals surface area contributed by atoms with Gasteiger partial charge in [0.05, 0.1) is 19.4 Å². The number of carbonyl (C=O) groups excluding carboxylic acids is 2. The molecule has 2 atom stereocenters. The topological polar surface area (TPSA) is 74.2 Å². The molecule has 0 bridgehead atoms. The lowest BCUT2D eigenvalue weighted by molar-refractivity contribution is -0.152. The van der Waals surface area contributed by atoms with Crippen molar-refractivity contribution < 1.29 is 23.9 Å². The second-order valence-corrected chi connectivity index (χ2v) is 5.35. The Morgan fingerprint density at radius 2 is 2.04 bits per heavy atom. The summed E-state index contributed by atoms with van der Waals surface area (Å²) in [5.41, 5.74) is 1.73. The normalized spacial score (nSPS) is 17.9. The Morgan fingerprint density at radius 1 is 1.35 bits per heavy atom. The highest BCUT2D eigenvalue weighted by molar-refractivity contribution is 6.01. The SMILES string of the molecule is CCOC(=O)[C@H](C[C@@H]1CC(c2ccc(OC)cc2)=NO1)C(C)=O. The van der Waals surface area contributed by atoms with Crippen molar-refractivity contribution in [2.45, 2.75) is 32.8 Å². The number of ketones is 1. The molecule has 2 rings (SSSR count). The van der Waals surface area contributed by atoms with Gasteiger partial charge in [-0.15, -0.1) is 0 Å². The third-order valence-corrected chi connectivity index (χ3v) is 3.72. The first-order valence-electron chi connectivity index (χ1n) is 7.59. The van der Waals surface area contributed by atoms with Crippen molar-refractivity contribution >= 4 is 17.5 Å². The number of esters is 1. The van der Waals surface area contributed by atoms with Gasteiger partial charge in [0.1, 0.15) is 23.6 Å². The van der Waals surface area contributed by atoms with Crippen LogP contribution in [-0.2, 0) is 19.2 Å². The fraction of sp³-hybridized carbons (Fsp3) is 0.471. The Balaban J connectivity index is 1.97. The van der Waals surface area contributed by atoms with E-state index in [0.717, 1.165) is 17.0 Å². The van der Waals surface area contributed by atoms with Crippen LogP contribution in [0.2, 0.25) is 0 Å². The maximum atomic E-state index is 11.8. The van der Waals surface area contributed by atoms with E-state index in [0.29, 0.717) is 6.42 Å². The van der Waals surface area contributed by atoms with Gasteiger partial charge in [0, 0.05) is 12.8 Å². The lowest BCUT2D eigenvalue weighted by atomic mass is 9.94. The third kappa shape index (κ3) is 4.31. The van der Waals surface area contributed by atoms with Gasteiger partial charge in [-0.1, -0.05) is 5.16 Å². The summed E-state index contributed by atoms with van der Waals surface area (Å²) in [6.07, 6.45) is 0.526. The smallest absolute Gasteiger partial charge is 0.316 e. The molecule has 0 N–H and O–H groups in total. The highest BCUT2D eigenvalue weighted by Gasteiger charge is 2.32. The van der Waals surface area contributed by atoms with Crippen LogP contribution < -0.4 is 4.74 Å². The molecular weight excluding hydrogens is 298 g/mol. The van der Waals surface area contributed by atoms with Gasteiger partial charge in [0.25, 0.3) is 0 Å². The van der Waals surface area contributed by atoms with E-state index in [9.17, 15) is 9.59 Å². The molecule has 0 spiro atoms. The van der Waals surface area contributed by atoms with Crippen LogP contribution in [0.4, 0.5) is 0 Å². The second-order valence-electron chi connectivity index (χ2n) is 5.35. The van der Waals surface area contributed by atoms with Crippen molar-refractivity contribution in [2.75, 3.05) is 13.7 Å². The van der Waals surface area contributed by atoms with Crippen molar-refractivity contribution in [1.82, 2.24) is 0 Å². The Hall–Kier alpha value is -2.37. The molecule has 0 radical (unpaired) electrons. The molecule has 0 saturated carbocycles. The van der Waals surface area contributed by atoms with Gasteiger partial charge < -0.3 is 14.3 Å². The predicted molar refractivity (Wildman–Crippen MR) is 84.4 cm³/mol. The van der Waals surface area contributed by atoms with E-state index in [1.165, 1.54) is 6.92 Å². The van der Waals surface area contributed by atoms with Crippen molar-refractivity contribution in [3.8, 4) is 5.75 Å². The van der Waals surface area contributed by atoms with E-state index in [1.807, 2.05) is 24.3 Å². The van der Waals surface area contributed by atoms with Gasteiger partial charge in [-0.2, -0.15) is 0 Å². The summed E-state index contributed by atoms with van der Waals surface area (Å²) in [5.74, 6) is -0.749. The van der Waals surface area contributed by atoms with Gasteiger partial charge >= 0.3 is 5.97 Å². The minimum absolute atomic E-state index is 0.218. The molecule has 1 aromatic carbocycles. The summed E-state index contributed by atoms with van der Waals surface area (Å²) in [5, 5.41) is 4.07. The quantitative estimate of drug-likeness (QED) is 0.570. The summed E-state index contributed by atoms with van der Waals surface area (Å²) in [6, 6.07) is 7.50. The summed E-state index contributed by atoms with van der Waals surface area (Å²) in [6.45, 7) is 3.36. The Kier molecular flexibility index (Phi) is 5.73. The van der Waals surface area contributed by atoms with E-state index in [-0.39, 0.29) is 24.9 Å². The van der Waals surface area contributed by atoms with Crippen LogP contribution in [-0.4, -0.2) is 37.3 Å². The van der Waals surface area contributed by atoms with Crippen LogP contribution in [0, 0.1) is 5.92 Å². The summed E-state index contributed by atoms with van der Waals surface area (Å²) >= 11 is 0. The number of nitrogens with zero attached hydrogens (tertiary/aromatic N) is 1. The van der Waals surface area contributed by atoms with Crippen LogP contribution in [0.1, 0.15) is 32.3 Å². The van der Waals surface area contributed by atoms with Gasteiger partial charge in [-0.05, 0) is 43.7 Å². The molecule has 0 amide bonds. The van der Waals surface area contributed by atoms with Gasteiger partial charge in [-0.3, -0.25) is 9.59 Å². The average molecular weight is 319 g/mol. The van der Waals surface area contributed by atoms with Crippen LogP contribution in [0.3, 0.4) is 0 Å². The second kappa shape index (κ2) is 7.76. The zero-order valence-electron chi connectivity index (χ0n) is 13.6. The lowest BCUT2D eigenvalue weighted by Gasteiger charge is -2.15. The number of hydrogen-bond donors (Lipinski definition) is 0. The molecule has 124 valence electrons. The molecule has 1 heterocycles. The molecule has 23 heavy (non-hydrogen) atoms. The molecule has 1 aromatic rings. The molecule has 0 saturated heterocycles. The predicted octanol–water partition coefficient (Wildman–Crippen LogP) is 2.35. The number of oxime groups is 1. The summed E-state index contributed by atoms with van der Waals surface area (Å²) in [4.78, 5) is 28.9. The Bertz CT molecular complexity index is 594. The average Bonchev–Trinajstić information content (AvgIpc) is 3.01. The summed E-state index contributed by atoms with van der Waals surface area (Å²) in [7, 11) is 1.61. The summed E-state index contributed by atoms with van der Waals surface area (Å²) < 4.78 is 10.1. The maximum absolute atomic E-state index is 11.8. The van der Waals surface area contributed by atoms with Crippen LogP contribution >= 0.6 is 0 Å². The number of Topliss-reactive ketones (excluding diaryl/α,β-unsaturated/α-hetero) is 1. The molecule has 1 aliphatic heterocycles. The molecule has 0 aromatic heterocycles. The maximum Gasteiger partial charge on any atom is 0.316 e. The highest BCUT2D eigenvalue weighted by atomic mass is 16.6.